The van der Waals surface area contributed by atoms with Gasteiger partial charge in [0.1, 0.15) is 6.04 Å². The lowest BCUT2D eigenvalue weighted by molar-refractivity contribution is 0.312. The summed E-state index contributed by atoms with van der Waals surface area (Å²) in [5.41, 5.74) is 4.76. The highest BCUT2D eigenvalue weighted by Crippen LogP contribution is 2.48. The van der Waals surface area contributed by atoms with Crippen LogP contribution < -0.4 is 0 Å². The van der Waals surface area contributed by atoms with Crippen molar-refractivity contribution in [2.24, 2.45) is 4.99 Å². The van der Waals surface area contributed by atoms with E-state index in [0.29, 0.717) is 5.25 Å². The van der Waals surface area contributed by atoms with Crippen LogP contribution in [0.15, 0.2) is 71.9 Å². The summed E-state index contributed by atoms with van der Waals surface area (Å²) in [5.74, 6) is 0. The van der Waals surface area contributed by atoms with E-state index in [2.05, 4.69) is 82.9 Å². The van der Waals surface area contributed by atoms with Crippen LogP contribution in [0.5, 0.6) is 0 Å². The van der Waals surface area contributed by atoms with Crippen LogP contribution in [0.4, 0.5) is 0 Å². The van der Waals surface area contributed by atoms with Gasteiger partial charge in [-0.3, -0.25) is 9.98 Å². The Morgan fingerprint density at radius 3 is 2.59 bits per heavy atom. The smallest absolute Gasteiger partial charge is 0.160 e. The van der Waals surface area contributed by atoms with Crippen molar-refractivity contribution in [3.8, 4) is 5.69 Å². The van der Waals surface area contributed by atoms with Crippen molar-refractivity contribution in [2.75, 3.05) is 6.54 Å². The van der Waals surface area contributed by atoms with Gasteiger partial charge in [0.15, 0.2) is 5.17 Å². The van der Waals surface area contributed by atoms with Crippen LogP contribution in [-0.2, 0) is 0 Å². The van der Waals surface area contributed by atoms with E-state index in [9.17, 15) is 0 Å². The maximum atomic E-state index is 5.10. The molecule has 1 aromatic carbocycles. The number of hydrogen-bond acceptors (Lipinski definition) is 4. The predicted octanol–water partition coefficient (Wildman–Crippen LogP) is 4.77. The van der Waals surface area contributed by atoms with Crippen LogP contribution in [0.25, 0.3) is 5.69 Å². The molecular weight excluding hydrogens is 352 g/mol. The van der Waals surface area contributed by atoms with Crippen molar-refractivity contribution in [2.45, 2.75) is 31.2 Å². The molecule has 2 aliphatic rings. The molecule has 0 unspecified atom stereocenters. The summed E-state index contributed by atoms with van der Waals surface area (Å²) in [7, 11) is 0. The van der Waals surface area contributed by atoms with Crippen LogP contribution in [-0.4, -0.2) is 31.4 Å². The number of rotatable bonds is 3. The van der Waals surface area contributed by atoms with Gasteiger partial charge in [0.25, 0.3) is 0 Å². The lowest BCUT2D eigenvalue weighted by Crippen LogP contribution is -2.30. The number of aliphatic imine (C=N–C) groups is 1. The van der Waals surface area contributed by atoms with Crippen LogP contribution in [0.2, 0.25) is 0 Å². The molecule has 2 aromatic heterocycles. The van der Waals surface area contributed by atoms with Gasteiger partial charge < -0.3 is 9.47 Å². The molecule has 3 atom stereocenters. The molecule has 0 N–H and O–H groups in total. The van der Waals surface area contributed by atoms with E-state index in [1.54, 1.807) is 0 Å². The molecule has 5 heteroatoms. The minimum Gasteiger partial charge on any atom is -0.339 e. The Morgan fingerprint density at radius 1 is 1.00 bits per heavy atom. The Morgan fingerprint density at radius 2 is 1.81 bits per heavy atom. The van der Waals surface area contributed by atoms with Crippen molar-refractivity contribution in [3.63, 3.8) is 0 Å². The molecule has 0 saturated carbocycles. The molecule has 136 valence electrons. The van der Waals surface area contributed by atoms with Gasteiger partial charge in [-0.2, -0.15) is 0 Å². The number of amidine groups is 1. The lowest BCUT2D eigenvalue weighted by atomic mass is 10.0. The number of hydrogen-bond donors (Lipinski definition) is 0. The second kappa shape index (κ2) is 6.57. The van der Waals surface area contributed by atoms with Gasteiger partial charge in [0.2, 0.25) is 0 Å². The zero-order valence-corrected chi connectivity index (χ0v) is 16.3. The third-order valence-electron chi connectivity index (χ3n) is 5.30. The quantitative estimate of drug-likeness (QED) is 0.662. The third kappa shape index (κ3) is 2.77. The van der Waals surface area contributed by atoms with Crippen molar-refractivity contribution in [1.82, 2.24) is 14.5 Å². The highest BCUT2D eigenvalue weighted by Gasteiger charge is 2.44. The van der Waals surface area contributed by atoms with Gasteiger partial charge in [-0.1, -0.05) is 43.0 Å². The summed E-state index contributed by atoms with van der Waals surface area (Å²) < 4.78 is 2.37. The second-order valence-corrected chi connectivity index (χ2v) is 8.61. The molecule has 0 amide bonds. The summed E-state index contributed by atoms with van der Waals surface area (Å²) in [6, 6.07) is 21.4. The fourth-order valence-corrected chi connectivity index (χ4v) is 5.25. The number of pyridine rings is 1. The van der Waals surface area contributed by atoms with Gasteiger partial charge in [-0.25, -0.2) is 0 Å². The Balaban J connectivity index is 1.65. The molecule has 2 aliphatic heterocycles. The molecule has 5 rings (SSSR count). The average molecular weight is 375 g/mol. The van der Waals surface area contributed by atoms with Crippen molar-refractivity contribution < 1.29 is 0 Å². The molecule has 4 heterocycles. The maximum Gasteiger partial charge on any atom is 0.160 e. The van der Waals surface area contributed by atoms with Crippen LogP contribution in [0, 0.1) is 6.92 Å². The zero-order valence-electron chi connectivity index (χ0n) is 15.5. The van der Waals surface area contributed by atoms with Gasteiger partial charge in [0.05, 0.1) is 11.7 Å². The van der Waals surface area contributed by atoms with E-state index < -0.39 is 0 Å². The molecule has 0 spiro atoms. The first-order valence-corrected chi connectivity index (χ1v) is 10.3. The molecular formula is C22H22N4S. The monoisotopic (exact) mass is 374 g/mol. The highest BCUT2D eigenvalue weighted by molar-refractivity contribution is 8.14. The lowest BCUT2D eigenvalue weighted by Gasteiger charge is -2.28. The predicted molar refractivity (Wildman–Crippen MR) is 111 cm³/mol. The largest absolute Gasteiger partial charge is 0.339 e. The fraction of sp³-hybridized carbons (Fsp3) is 0.273. The first-order valence-electron chi connectivity index (χ1n) is 9.38. The SMILES string of the molecule is Cc1ccc([C@@H]2[C@@H](c3ccccn3)N=C3S[C@H](C)CN32)n1-c1ccccc1. The van der Waals surface area contributed by atoms with Gasteiger partial charge in [-0.05, 0) is 43.3 Å². The molecule has 0 bridgehead atoms. The highest BCUT2D eigenvalue weighted by atomic mass is 32.2. The summed E-state index contributed by atoms with van der Waals surface area (Å²) in [6.45, 7) is 5.47. The normalized spacial score (nSPS) is 24.1. The topological polar surface area (TPSA) is 33.4 Å². The standard InChI is InChI=1S/C22H22N4S/c1-15-11-12-19(26(15)17-8-4-3-5-9-17)21-20(18-10-6-7-13-23-18)24-22-25(21)14-16(2)27-22/h3-13,16,20-21H,14H2,1-2H3/t16-,20-,21-/m1/s1. The molecule has 0 radical (unpaired) electrons. The average Bonchev–Trinajstić information content (AvgIpc) is 3.34. The van der Waals surface area contributed by atoms with E-state index in [0.717, 1.165) is 17.4 Å². The molecule has 1 fully saturated rings. The Bertz CT molecular complexity index is 980. The van der Waals surface area contributed by atoms with Crippen LogP contribution in [0.3, 0.4) is 0 Å². The molecule has 4 nitrogen and oxygen atoms in total. The second-order valence-electron chi connectivity index (χ2n) is 7.21. The zero-order chi connectivity index (χ0) is 18.4. The first kappa shape index (κ1) is 16.6. The first-order chi connectivity index (χ1) is 13.2. The minimum absolute atomic E-state index is 0.0259. The van der Waals surface area contributed by atoms with E-state index >= 15 is 0 Å². The summed E-state index contributed by atoms with van der Waals surface area (Å²) in [5, 5.41) is 1.72. The molecule has 1 saturated heterocycles. The van der Waals surface area contributed by atoms with Crippen LogP contribution >= 0.6 is 11.8 Å². The summed E-state index contributed by atoms with van der Waals surface area (Å²) in [4.78, 5) is 12.2. The molecule has 27 heavy (non-hydrogen) atoms. The summed E-state index contributed by atoms with van der Waals surface area (Å²) in [6.07, 6.45) is 1.87. The maximum absolute atomic E-state index is 5.10. The number of fused-ring (bicyclic) bond motifs is 1. The minimum atomic E-state index is 0.0259. The fourth-order valence-electron chi connectivity index (χ4n) is 4.16. The third-order valence-corrected chi connectivity index (χ3v) is 6.41. The van der Waals surface area contributed by atoms with Gasteiger partial charge >= 0.3 is 0 Å². The van der Waals surface area contributed by atoms with Gasteiger partial charge in [0, 0.05) is 35.1 Å². The number of para-hydroxylation sites is 1. The van der Waals surface area contributed by atoms with Crippen molar-refractivity contribution in [1.29, 1.82) is 0 Å². The Hall–Kier alpha value is -2.53. The van der Waals surface area contributed by atoms with E-state index in [1.807, 2.05) is 24.0 Å². The summed E-state index contributed by atoms with van der Waals surface area (Å²) >= 11 is 1.88. The van der Waals surface area contributed by atoms with Crippen molar-refractivity contribution >= 4 is 16.9 Å². The number of aryl methyl sites for hydroxylation is 1. The Labute approximate surface area is 164 Å². The number of aromatic nitrogens is 2. The van der Waals surface area contributed by atoms with Gasteiger partial charge in [-0.15, -0.1) is 0 Å². The molecule has 0 aliphatic carbocycles. The van der Waals surface area contributed by atoms with Crippen LogP contribution in [0.1, 0.15) is 36.1 Å². The Kier molecular flexibility index (Phi) is 4.05. The molecule has 3 aromatic rings. The number of nitrogens with zero attached hydrogens (tertiary/aromatic N) is 4. The van der Waals surface area contributed by atoms with Crippen molar-refractivity contribution in [3.05, 3.63) is 83.9 Å². The van der Waals surface area contributed by atoms with E-state index in [-0.39, 0.29) is 12.1 Å². The number of thioether (sulfide) groups is 1. The van der Waals surface area contributed by atoms with E-state index in [1.165, 1.54) is 17.1 Å². The van der Waals surface area contributed by atoms with E-state index in [4.69, 9.17) is 4.99 Å². The number of benzene rings is 1.